The SMILES string of the molecule is COC(=O)C1=NOC2(CCN(Cc3ccccn3)CC2)C1. The molecule has 0 bridgehead atoms. The highest BCUT2D eigenvalue weighted by atomic mass is 16.7. The minimum absolute atomic E-state index is 0.315. The molecule has 21 heavy (non-hydrogen) atoms. The molecule has 0 saturated carbocycles. The lowest BCUT2D eigenvalue weighted by Crippen LogP contribution is -2.44. The molecular formula is C15H19N3O3. The Balaban J connectivity index is 1.53. The van der Waals surface area contributed by atoms with Crippen LogP contribution >= 0.6 is 0 Å². The van der Waals surface area contributed by atoms with E-state index in [4.69, 9.17) is 9.57 Å². The van der Waals surface area contributed by atoms with Crippen LogP contribution in [0.3, 0.4) is 0 Å². The van der Waals surface area contributed by atoms with Gasteiger partial charge in [-0.3, -0.25) is 9.88 Å². The Kier molecular flexibility index (Phi) is 3.88. The second kappa shape index (κ2) is 5.81. The fourth-order valence-electron chi connectivity index (χ4n) is 2.86. The molecule has 1 aromatic heterocycles. The molecule has 2 aliphatic rings. The summed E-state index contributed by atoms with van der Waals surface area (Å²) < 4.78 is 4.70. The van der Waals surface area contributed by atoms with Crippen molar-refractivity contribution in [2.75, 3.05) is 20.2 Å². The molecule has 0 atom stereocenters. The Bertz CT molecular complexity index is 536. The first kappa shape index (κ1) is 14.0. The number of hydrogen-bond acceptors (Lipinski definition) is 6. The first-order valence-electron chi connectivity index (χ1n) is 7.16. The van der Waals surface area contributed by atoms with Crippen LogP contribution in [0.4, 0.5) is 0 Å². The fourth-order valence-corrected chi connectivity index (χ4v) is 2.86. The van der Waals surface area contributed by atoms with E-state index in [1.54, 1.807) is 0 Å². The number of methoxy groups -OCH3 is 1. The summed E-state index contributed by atoms with van der Waals surface area (Å²) >= 11 is 0. The van der Waals surface area contributed by atoms with Crippen molar-refractivity contribution in [2.24, 2.45) is 5.16 Å². The maximum Gasteiger partial charge on any atom is 0.355 e. The van der Waals surface area contributed by atoms with E-state index in [2.05, 4.69) is 15.0 Å². The molecule has 1 fully saturated rings. The van der Waals surface area contributed by atoms with Gasteiger partial charge in [-0.15, -0.1) is 0 Å². The van der Waals surface area contributed by atoms with Gasteiger partial charge in [0.25, 0.3) is 0 Å². The Morgan fingerprint density at radius 2 is 2.24 bits per heavy atom. The van der Waals surface area contributed by atoms with E-state index < -0.39 is 0 Å². The zero-order chi connectivity index (χ0) is 14.7. The smallest absolute Gasteiger partial charge is 0.355 e. The van der Waals surface area contributed by atoms with Gasteiger partial charge in [-0.1, -0.05) is 11.2 Å². The quantitative estimate of drug-likeness (QED) is 0.786. The highest BCUT2D eigenvalue weighted by molar-refractivity contribution is 6.36. The molecule has 112 valence electrons. The van der Waals surface area contributed by atoms with Crippen molar-refractivity contribution in [3.8, 4) is 0 Å². The minimum Gasteiger partial charge on any atom is -0.464 e. The first-order chi connectivity index (χ1) is 10.2. The van der Waals surface area contributed by atoms with Gasteiger partial charge in [-0.05, 0) is 12.1 Å². The molecule has 0 N–H and O–H groups in total. The standard InChI is InChI=1S/C15H19N3O3/c1-20-14(19)13-10-15(21-17-13)5-8-18(9-6-15)11-12-4-2-3-7-16-12/h2-4,7H,5-6,8-11H2,1H3. The molecule has 0 aliphatic carbocycles. The van der Waals surface area contributed by atoms with Crippen LogP contribution in [0.5, 0.6) is 0 Å². The van der Waals surface area contributed by atoms with Crippen LogP contribution in [0.2, 0.25) is 0 Å². The lowest BCUT2D eigenvalue weighted by atomic mass is 9.87. The normalized spacial score (nSPS) is 20.9. The van der Waals surface area contributed by atoms with E-state index in [9.17, 15) is 4.79 Å². The summed E-state index contributed by atoms with van der Waals surface area (Å²) in [5.41, 5.74) is 1.16. The van der Waals surface area contributed by atoms with Gasteiger partial charge in [0.2, 0.25) is 0 Å². The Labute approximate surface area is 123 Å². The molecule has 0 unspecified atom stereocenters. The average molecular weight is 289 g/mol. The zero-order valence-electron chi connectivity index (χ0n) is 12.1. The van der Waals surface area contributed by atoms with E-state index in [0.717, 1.165) is 38.2 Å². The van der Waals surface area contributed by atoms with Crippen molar-refractivity contribution in [3.05, 3.63) is 30.1 Å². The van der Waals surface area contributed by atoms with E-state index >= 15 is 0 Å². The summed E-state index contributed by atoms with van der Waals surface area (Å²) in [7, 11) is 1.37. The molecular weight excluding hydrogens is 270 g/mol. The number of pyridine rings is 1. The van der Waals surface area contributed by atoms with E-state index in [1.165, 1.54) is 7.11 Å². The largest absolute Gasteiger partial charge is 0.464 e. The number of nitrogens with zero attached hydrogens (tertiary/aromatic N) is 3. The number of aromatic nitrogens is 1. The predicted molar refractivity (Wildman–Crippen MR) is 76.6 cm³/mol. The Morgan fingerprint density at radius 3 is 2.90 bits per heavy atom. The molecule has 2 aliphatic heterocycles. The number of carbonyl (C=O) groups is 1. The number of rotatable bonds is 3. The number of hydrogen-bond donors (Lipinski definition) is 0. The van der Waals surface area contributed by atoms with Gasteiger partial charge >= 0.3 is 5.97 Å². The highest BCUT2D eigenvalue weighted by Crippen LogP contribution is 2.35. The van der Waals surface area contributed by atoms with E-state index in [-0.39, 0.29) is 11.6 Å². The zero-order valence-corrected chi connectivity index (χ0v) is 12.1. The summed E-state index contributed by atoms with van der Waals surface area (Å²) in [6, 6.07) is 5.96. The Hall–Kier alpha value is -1.95. The maximum absolute atomic E-state index is 11.5. The van der Waals surface area contributed by atoms with Crippen molar-refractivity contribution in [3.63, 3.8) is 0 Å². The third kappa shape index (κ3) is 3.05. The van der Waals surface area contributed by atoms with E-state index in [0.29, 0.717) is 12.1 Å². The molecule has 3 rings (SSSR count). The number of ether oxygens (including phenoxy) is 1. The number of esters is 1. The number of likely N-dealkylation sites (tertiary alicyclic amines) is 1. The summed E-state index contributed by atoms with van der Waals surface area (Å²) in [6.07, 6.45) is 4.10. The molecule has 0 amide bonds. The second-order valence-electron chi connectivity index (χ2n) is 5.58. The van der Waals surface area contributed by atoms with Gasteiger partial charge in [-0.2, -0.15) is 0 Å². The molecule has 1 aromatic rings. The molecule has 1 spiro atoms. The van der Waals surface area contributed by atoms with Crippen LogP contribution in [0.1, 0.15) is 25.0 Å². The summed E-state index contributed by atoms with van der Waals surface area (Å²) in [5.74, 6) is -0.386. The number of oxime groups is 1. The monoisotopic (exact) mass is 289 g/mol. The van der Waals surface area contributed by atoms with Crippen LogP contribution in [0.15, 0.2) is 29.6 Å². The van der Waals surface area contributed by atoms with Crippen LogP contribution in [0.25, 0.3) is 0 Å². The average Bonchev–Trinajstić information content (AvgIpc) is 2.94. The molecule has 1 saturated heterocycles. The minimum atomic E-state index is -0.386. The predicted octanol–water partition coefficient (Wildman–Crippen LogP) is 1.37. The summed E-state index contributed by atoms with van der Waals surface area (Å²) in [5, 5.41) is 3.90. The fraction of sp³-hybridized carbons (Fsp3) is 0.533. The molecule has 0 aromatic carbocycles. The van der Waals surface area contributed by atoms with Crippen molar-refractivity contribution in [1.29, 1.82) is 0 Å². The van der Waals surface area contributed by atoms with Gasteiger partial charge in [0, 0.05) is 45.1 Å². The van der Waals surface area contributed by atoms with Gasteiger partial charge in [0.05, 0.1) is 12.8 Å². The van der Waals surface area contributed by atoms with Gasteiger partial charge in [0.15, 0.2) is 5.71 Å². The van der Waals surface area contributed by atoms with Crippen molar-refractivity contribution in [1.82, 2.24) is 9.88 Å². The molecule has 3 heterocycles. The topological polar surface area (TPSA) is 64.0 Å². The molecule has 6 nitrogen and oxygen atoms in total. The Morgan fingerprint density at radius 1 is 1.43 bits per heavy atom. The van der Waals surface area contributed by atoms with Gasteiger partial charge in [-0.25, -0.2) is 4.79 Å². The third-order valence-corrected chi connectivity index (χ3v) is 4.14. The number of piperidine rings is 1. The second-order valence-corrected chi connectivity index (χ2v) is 5.58. The van der Waals surface area contributed by atoms with Gasteiger partial charge in [0.1, 0.15) is 5.60 Å². The van der Waals surface area contributed by atoms with Crippen molar-refractivity contribution in [2.45, 2.75) is 31.4 Å². The first-order valence-corrected chi connectivity index (χ1v) is 7.16. The molecule has 0 radical (unpaired) electrons. The highest BCUT2D eigenvalue weighted by Gasteiger charge is 2.44. The van der Waals surface area contributed by atoms with Crippen LogP contribution < -0.4 is 0 Å². The number of carbonyl (C=O) groups excluding carboxylic acids is 1. The van der Waals surface area contributed by atoms with Crippen LogP contribution in [0, 0.1) is 0 Å². The van der Waals surface area contributed by atoms with Crippen molar-refractivity contribution < 1.29 is 14.4 Å². The van der Waals surface area contributed by atoms with Crippen LogP contribution in [-0.4, -0.2) is 47.4 Å². The van der Waals surface area contributed by atoms with Crippen molar-refractivity contribution >= 4 is 11.7 Å². The van der Waals surface area contributed by atoms with Gasteiger partial charge < -0.3 is 9.57 Å². The van der Waals surface area contributed by atoms with E-state index in [1.807, 2.05) is 24.4 Å². The van der Waals surface area contributed by atoms with Crippen LogP contribution in [-0.2, 0) is 20.9 Å². The maximum atomic E-state index is 11.5. The molecule has 6 heteroatoms. The summed E-state index contributed by atoms with van der Waals surface area (Å²) in [6.45, 7) is 2.68. The lowest BCUT2D eigenvalue weighted by Gasteiger charge is -2.36. The third-order valence-electron chi connectivity index (χ3n) is 4.14. The summed E-state index contributed by atoms with van der Waals surface area (Å²) in [4.78, 5) is 23.8. The lowest BCUT2D eigenvalue weighted by molar-refractivity contribution is -0.132.